The fraction of sp³-hybridized carbons (Fsp3) is 0.333. The molecule has 1 unspecified atom stereocenters. The van der Waals surface area contributed by atoms with Gasteiger partial charge in [-0.3, -0.25) is 4.79 Å². The minimum absolute atomic E-state index is 0.0579. The van der Waals surface area contributed by atoms with Crippen molar-refractivity contribution >= 4 is 21.8 Å². The lowest BCUT2D eigenvalue weighted by atomic mass is 10.2. The highest BCUT2D eigenvalue weighted by Gasteiger charge is 2.10. The predicted octanol–water partition coefficient (Wildman–Crippen LogP) is 2.86. The highest BCUT2D eigenvalue weighted by Crippen LogP contribution is 2.15. The van der Waals surface area contributed by atoms with Gasteiger partial charge in [0.15, 0.2) is 0 Å². The third-order valence-corrected chi connectivity index (χ3v) is 3.63. The Morgan fingerprint density at radius 1 is 1.50 bits per heavy atom. The average Bonchev–Trinajstić information content (AvgIpc) is 2.45. The number of nitriles is 1. The predicted molar refractivity (Wildman–Crippen MR) is 82.6 cm³/mol. The van der Waals surface area contributed by atoms with Gasteiger partial charge >= 0.3 is 0 Å². The number of carbonyl (C=O) groups excluding carboxylic acids is 1. The Balaban J connectivity index is 2.61. The lowest BCUT2D eigenvalue weighted by Crippen LogP contribution is -2.33. The average molecular weight is 336 g/mol. The van der Waals surface area contributed by atoms with Crippen LogP contribution < -0.4 is 10.6 Å². The number of rotatable bonds is 6. The van der Waals surface area contributed by atoms with E-state index >= 15 is 0 Å². The third kappa shape index (κ3) is 5.06. The summed E-state index contributed by atoms with van der Waals surface area (Å²) in [5, 5.41) is 14.8. The molecule has 0 aliphatic rings. The zero-order valence-electron chi connectivity index (χ0n) is 11.6. The van der Waals surface area contributed by atoms with Crippen molar-refractivity contribution in [2.45, 2.75) is 32.9 Å². The Kier molecular flexibility index (Phi) is 6.82. The second kappa shape index (κ2) is 8.39. The maximum absolute atomic E-state index is 11.8. The highest BCUT2D eigenvalue weighted by molar-refractivity contribution is 9.10. The standard InChI is InChI=1S/C15H18BrN3O/c1-3-11(2)19-15(20)13(8-17)10-18-9-12-6-4-5-7-14(12)16/h4-7,10-11,18H,3,9H2,1-2H3,(H,19,20)/b13-10-. The Labute approximate surface area is 128 Å². The van der Waals surface area contributed by atoms with E-state index < -0.39 is 0 Å². The number of nitrogens with zero attached hydrogens (tertiary/aromatic N) is 1. The van der Waals surface area contributed by atoms with Crippen LogP contribution in [0, 0.1) is 11.3 Å². The summed E-state index contributed by atoms with van der Waals surface area (Å²) in [5.41, 5.74) is 1.14. The highest BCUT2D eigenvalue weighted by atomic mass is 79.9. The summed E-state index contributed by atoms with van der Waals surface area (Å²) in [6, 6.07) is 9.75. The first-order valence-corrected chi connectivity index (χ1v) is 7.25. The van der Waals surface area contributed by atoms with Crippen molar-refractivity contribution < 1.29 is 4.79 Å². The van der Waals surface area contributed by atoms with Crippen LogP contribution in [0.3, 0.4) is 0 Å². The third-order valence-electron chi connectivity index (χ3n) is 2.85. The topological polar surface area (TPSA) is 64.9 Å². The number of halogens is 1. The van der Waals surface area contributed by atoms with Gasteiger partial charge in [-0.15, -0.1) is 0 Å². The van der Waals surface area contributed by atoms with Gasteiger partial charge < -0.3 is 10.6 Å². The summed E-state index contributed by atoms with van der Waals surface area (Å²) in [7, 11) is 0. The van der Waals surface area contributed by atoms with Crippen LogP contribution >= 0.6 is 15.9 Å². The molecule has 0 saturated carbocycles. The van der Waals surface area contributed by atoms with Crippen molar-refractivity contribution in [3.05, 3.63) is 46.1 Å². The summed E-state index contributed by atoms with van der Waals surface area (Å²) in [5.74, 6) is -0.346. The summed E-state index contributed by atoms with van der Waals surface area (Å²) >= 11 is 3.45. The van der Waals surface area contributed by atoms with Gasteiger partial charge in [-0.1, -0.05) is 41.1 Å². The lowest BCUT2D eigenvalue weighted by Gasteiger charge is -2.10. The number of carbonyl (C=O) groups is 1. The molecule has 0 aliphatic carbocycles. The molecule has 2 N–H and O–H groups in total. The molecule has 1 atom stereocenters. The van der Waals surface area contributed by atoms with E-state index in [2.05, 4.69) is 26.6 Å². The Bertz CT molecular complexity index is 534. The van der Waals surface area contributed by atoms with Gasteiger partial charge in [-0.05, 0) is 25.0 Å². The van der Waals surface area contributed by atoms with Gasteiger partial charge in [0.25, 0.3) is 5.91 Å². The first-order valence-electron chi connectivity index (χ1n) is 6.46. The van der Waals surface area contributed by atoms with Crippen LogP contribution in [0.2, 0.25) is 0 Å². The van der Waals surface area contributed by atoms with Gasteiger partial charge in [-0.2, -0.15) is 5.26 Å². The molecule has 5 heteroatoms. The van der Waals surface area contributed by atoms with Crippen molar-refractivity contribution in [1.82, 2.24) is 10.6 Å². The van der Waals surface area contributed by atoms with Crippen molar-refractivity contribution in [2.24, 2.45) is 0 Å². The summed E-state index contributed by atoms with van der Waals surface area (Å²) in [6.45, 7) is 4.43. The lowest BCUT2D eigenvalue weighted by molar-refractivity contribution is -0.117. The molecule has 106 valence electrons. The Morgan fingerprint density at radius 3 is 2.80 bits per heavy atom. The first kappa shape index (κ1) is 16.3. The smallest absolute Gasteiger partial charge is 0.263 e. The Hall–Kier alpha value is -1.80. The summed E-state index contributed by atoms with van der Waals surface area (Å²) < 4.78 is 0.989. The molecule has 0 saturated heterocycles. The van der Waals surface area contributed by atoms with Crippen molar-refractivity contribution in [3.63, 3.8) is 0 Å². The van der Waals surface area contributed by atoms with Crippen LogP contribution in [-0.2, 0) is 11.3 Å². The molecule has 0 fully saturated rings. The molecule has 1 aromatic carbocycles. The summed E-state index contributed by atoms with van der Waals surface area (Å²) in [4.78, 5) is 11.8. The van der Waals surface area contributed by atoms with E-state index in [9.17, 15) is 4.79 Å². The van der Waals surface area contributed by atoms with Crippen LogP contribution in [0.25, 0.3) is 0 Å². The van der Waals surface area contributed by atoms with Gasteiger partial charge in [0.1, 0.15) is 11.6 Å². The molecule has 0 bridgehead atoms. The van der Waals surface area contributed by atoms with Gasteiger partial charge in [0.2, 0.25) is 0 Å². The van der Waals surface area contributed by atoms with Crippen LogP contribution in [0.4, 0.5) is 0 Å². The van der Waals surface area contributed by atoms with Crippen LogP contribution in [0.1, 0.15) is 25.8 Å². The maximum Gasteiger partial charge on any atom is 0.263 e. The van der Waals surface area contributed by atoms with Crippen molar-refractivity contribution in [2.75, 3.05) is 0 Å². The normalized spacial score (nSPS) is 12.4. The number of nitrogens with one attached hydrogen (secondary N) is 2. The second-order valence-electron chi connectivity index (χ2n) is 4.42. The molecule has 4 nitrogen and oxygen atoms in total. The molecule has 0 aliphatic heterocycles. The minimum Gasteiger partial charge on any atom is -0.386 e. The SMILES string of the molecule is CCC(C)NC(=O)/C(C#N)=C\NCc1ccccc1Br. The fourth-order valence-electron chi connectivity index (χ4n) is 1.46. The molecule has 0 radical (unpaired) electrons. The van der Waals surface area contributed by atoms with E-state index in [1.54, 1.807) is 0 Å². The number of benzene rings is 1. The quantitative estimate of drug-likeness (QED) is 0.620. The number of hydrogen-bond donors (Lipinski definition) is 2. The van der Waals surface area contributed by atoms with Gasteiger partial charge in [-0.25, -0.2) is 0 Å². The van der Waals surface area contributed by atoms with Gasteiger partial charge in [0.05, 0.1) is 0 Å². The van der Waals surface area contributed by atoms with E-state index in [0.717, 1.165) is 16.5 Å². The zero-order chi connectivity index (χ0) is 15.0. The van der Waals surface area contributed by atoms with Crippen LogP contribution in [-0.4, -0.2) is 11.9 Å². The van der Waals surface area contributed by atoms with E-state index in [1.807, 2.05) is 44.2 Å². The monoisotopic (exact) mass is 335 g/mol. The Morgan fingerprint density at radius 2 is 2.20 bits per heavy atom. The molecular weight excluding hydrogens is 318 g/mol. The van der Waals surface area contributed by atoms with Crippen LogP contribution in [0.15, 0.2) is 40.5 Å². The van der Waals surface area contributed by atoms with E-state index in [4.69, 9.17) is 5.26 Å². The molecule has 1 amide bonds. The molecule has 0 spiro atoms. The molecule has 0 heterocycles. The van der Waals surface area contributed by atoms with Crippen molar-refractivity contribution in [3.8, 4) is 6.07 Å². The zero-order valence-corrected chi connectivity index (χ0v) is 13.2. The second-order valence-corrected chi connectivity index (χ2v) is 5.28. The first-order chi connectivity index (χ1) is 9.58. The maximum atomic E-state index is 11.8. The van der Waals surface area contributed by atoms with Crippen molar-refractivity contribution in [1.29, 1.82) is 5.26 Å². The van der Waals surface area contributed by atoms with Crippen LogP contribution in [0.5, 0.6) is 0 Å². The molecule has 0 aromatic heterocycles. The van der Waals surface area contributed by atoms with E-state index in [-0.39, 0.29) is 17.5 Å². The van der Waals surface area contributed by atoms with E-state index in [1.165, 1.54) is 6.20 Å². The molecule has 1 aromatic rings. The summed E-state index contributed by atoms with van der Waals surface area (Å²) in [6.07, 6.45) is 2.28. The number of amides is 1. The largest absolute Gasteiger partial charge is 0.386 e. The molecular formula is C15H18BrN3O. The molecule has 1 rings (SSSR count). The van der Waals surface area contributed by atoms with E-state index in [0.29, 0.717) is 6.54 Å². The molecule has 20 heavy (non-hydrogen) atoms. The number of hydrogen-bond acceptors (Lipinski definition) is 3. The minimum atomic E-state index is -0.346. The van der Waals surface area contributed by atoms with Gasteiger partial charge in [0, 0.05) is 23.3 Å². The fourth-order valence-corrected chi connectivity index (χ4v) is 1.88.